The second kappa shape index (κ2) is 5.21. The number of nitrogens with zero attached hydrogens (tertiary/aromatic N) is 3. The second-order valence-corrected chi connectivity index (χ2v) is 3.89. The predicted molar refractivity (Wildman–Crippen MR) is 66.3 cm³/mol. The van der Waals surface area contributed by atoms with Crippen molar-refractivity contribution in [2.24, 2.45) is 0 Å². The third kappa shape index (κ3) is 3.00. The average molecular weight is 253 g/mol. The number of nitrogens with one attached hydrogen (secondary N) is 1. The quantitative estimate of drug-likeness (QED) is 0.288. The topological polar surface area (TPSA) is 101 Å². The molecule has 0 aromatic heterocycles. The smallest absolute Gasteiger partial charge is 0.273 e. The summed E-state index contributed by atoms with van der Waals surface area (Å²) in [5, 5.41) is 24.3. The van der Waals surface area contributed by atoms with Crippen molar-refractivity contribution in [1.29, 1.82) is 0 Å². The van der Waals surface area contributed by atoms with Gasteiger partial charge in [0.25, 0.3) is 11.4 Å². The summed E-state index contributed by atoms with van der Waals surface area (Å²) in [5.74, 6) is 0. The standard InChI is InChI=1S/C10H12N4O4/c1-7-9(11-6-12(2)3)4-8(13(15)16)5-10(7)14(17)18/h4-6H,1-3H3/p+1. The van der Waals surface area contributed by atoms with E-state index in [2.05, 4.69) is 5.32 Å². The molecule has 8 heteroatoms. The highest BCUT2D eigenvalue weighted by Gasteiger charge is 2.22. The number of rotatable bonds is 4. The molecular weight excluding hydrogens is 240 g/mol. The van der Waals surface area contributed by atoms with E-state index >= 15 is 0 Å². The van der Waals surface area contributed by atoms with E-state index in [1.807, 2.05) is 0 Å². The molecule has 1 rings (SSSR count). The van der Waals surface area contributed by atoms with Crippen molar-refractivity contribution in [1.82, 2.24) is 0 Å². The molecule has 1 N–H and O–H groups in total. The minimum absolute atomic E-state index is 0.279. The Hall–Kier alpha value is -2.51. The normalized spacial score (nSPS) is 9.72. The van der Waals surface area contributed by atoms with E-state index in [0.717, 1.165) is 6.07 Å². The Morgan fingerprint density at radius 3 is 2.22 bits per heavy atom. The molecule has 8 nitrogen and oxygen atoms in total. The predicted octanol–water partition coefficient (Wildman–Crippen LogP) is 1.52. The van der Waals surface area contributed by atoms with Crippen LogP contribution in [0, 0.1) is 27.2 Å². The summed E-state index contributed by atoms with van der Waals surface area (Å²) in [5.41, 5.74) is 0.0918. The Balaban J connectivity index is 3.35. The molecule has 0 radical (unpaired) electrons. The highest BCUT2D eigenvalue weighted by Crippen LogP contribution is 2.30. The summed E-state index contributed by atoms with van der Waals surface area (Å²) < 4.78 is 1.68. The van der Waals surface area contributed by atoms with Gasteiger partial charge in [0.15, 0.2) is 0 Å². The molecule has 1 aromatic rings. The van der Waals surface area contributed by atoms with Gasteiger partial charge in [-0.2, -0.15) is 0 Å². The van der Waals surface area contributed by atoms with Crippen molar-refractivity contribution in [2.45, 2.75) is 6.92 Å². The average Bonchev–Trinajstić information content (AvgIpc) is 2.26. The minimum Gasteiger partial charge on any atom is -0.273 e. The van der Waals surface area contributed by atoms with Crippen molar-refractivity contribution in [3.05, 3.63) is 37.9 Å². The van der Waals surface area contributed by atoms with Crippen LogP contribution < -0.4 is 5.32 Å². The van der Waals surface area contributed by atoms with Crippen LogP contribution in [0.4, 0.5) is 17.1 Å². The van der Waals surface area contributed by atoms with Gasteiger partial charge in [-0.25, -0.2) is 5.32 Å². The van der Waals surface area contributed by atoms with Gasteiger partial charge >= 0.3 is 0 Å². The first-order chi connectivity index (χ1) is 8.32. The Morgan fingerprint density at radius 2 is 1.78 bits per heavy atom. The molecule has 18 heavy (non-hydrogen) atoms. The van der Waals surface area contributed by atoms with Gasteiger partial charge in [0.1, 0.15) is 5.69 Å². The van der Waals surface area contributed by atoms with Crippen LogP contribution in [-0.4, -0.2) is 34.9 Å². The van der Waals surface area contributed by atoms with E-state index in [1.54, 1.807) is 25.0 Å². The molecule has 0 saturated carbocycles. The summed E-state index contributed by atoms with van der Waals surface area (Å²) in [6, 6.07) is 2.22. The number of non-ortho nitro benzene ring substituents is 1. The SMILES string of the molecule is Cc1c(NC=[N+](C)C)cc([N+](=O)[O-])cc1[N+](=O)[O-]. The Morgan fingerprint density at radius 1 is 1.17 bits per heavy atom. The molecular formula is C10H13N4O4+. The van der Waals surface area contributed by atoms with Crippen molar-refractivity contribution in [2.75, 3.05) is 19.4 Å². The lowest BCUT2D eigenvalue weighted by atomic mass is 10.1. The molecule has 0 aliphatic carbocycles. The fourth-order valence-electron chi connectivity index (χ4n) is 1.33. The van der Waals surface area contributed by atoms with Gasteiger partial charge in [-0.1, -0.05) is 0 Å². The summed E-state index contributed by atoms with van der Waals surface area (Å²) in [4.78, 5) is 20.2. The lowest BCUT2D eigenvalue weighted by molar-refractivity contribution is -0.459. The lowest BCUT2D eigenvalue weighted by Gasteiger charge is -2.02. The highest BCUT2D eigenvalue weighted by atomic mass is 16.6. The monoisotopic (exact) mass is 253 g/mol. The maximum absolute atomic E-state index is 10.8. The molecule has 0 amide bonds. The fourth-order valence-corrected chi connectivity index (χ4v) is 1.33. The van der Waals surface area contributed by atoms with Crippen LogP contribution in [-0.2, 0) is 0 Å². The van der Waals surface area contributed by atoms with Crippen LogP contribution in [0.3, 0.4) is 0 Å². The van der Waals surface area contributed by atoms with Crippen molar-refractivity contribution in [3.63, 3.8) is 0 Å². The van der Waals surface area contributed by atoms with Crippen LogP contribution in [0.2, 0.25) is 0 Å². The third-order valence-corrected chi connectivity index (χ3v) is 2.25. The summed E-state index contributed by atoms with van der Waals surface area (Å²) in [7, 11) is 3.52. The molecule has 0 unspecified atom stereocenters. The zero-order valence-corrected chi connectivity index (χ0v) is 10.2. The molecule has 96 valence electrons. The maximum atomic E-state index is 10.8. The Kier molecular flexibility index (Phi) is 3.93. The van der Waals surface area contributed by atoms with E-state index in [-0.39, 0.29) is 11.4 Å². The summed E-state index contributed by atoms with van der Waals surface area (Å²) in [6.07, 6.45) is 1.55. The van der Waals surface area contributed by atoms with E-state index in [1.165, 1.54) is 13.0 Å². The molecule has 1 aromatic carbocycles. The van der Waals surface area contributed by atoms with Gasteiger partial charge in [0, 0.05) is 0 Å². The highest BCUT2D eigenvalue weighted by molar-refractivity contribution is 5.78. The number of hydrogen-bond acceptors (Lipinski definition) is 4. The first-order valence-corrected chi connectivity index (χ1v) is 5.02. The third-order valence-electron chi connectivity index (χ3n) is 2.25. The molecule has 0 heterocycles. The van der Waals surface area contributed by atoms with Gasteiger partial charge in [0.05, 0.1) is 41.6 Å². The van der Waals surface area contributed by atoms with Crippen molar-refractivity contribution < 1.29 is 14.4 Å². The largest absolute Gasteiger partial charge is 0.283 e. The lowest BCUT2D eigenvalue weighted by Crippen LogP contribution is -2.09. The van der Waals surface area contributed by atoms with Crippen LogP contribution in [0.5, 0.6) is 0 Å². The number of nitro groups is 2. The van der Waals surface area contributed by atoms with Crippen molar-refractivity contribution >= 4 is 23.4 Å². The van der Waals surface area contributed by atoms with E-state index in [0.29, 0.717) is 11.3 Å². The fraction of sp³-hybridized carbons (Fsp3) is 0.300. The molecule has 0 fully saturated rings. The first-order valence-electron chi connectivity index (χ1n) is 5.02. The molecule has 0 aliphatic heterocycles. The number of nitro benzene ring substituents is 2. The first kappa shape index (κ1) is 13.6. The zero-order chi connectivity index (χ0) is 13.9. The molecule has 0 bridgehead atoms. The van der Waals surface area contributed by atoms with Crippen LogP contribution in [0.1, 0.15) is 5.56 Å². The van der Waals surface area contributed by atoms with Crippen LogP contribution in [0.15, 0.2) is 12.1 Å². The van der Waals surface area contributed by atoms with Crippen LogP contribution in [0.25, 0.3) is 0 Å². The van der Waals surface area contributed by atoms with Crippen LogP contribution >= 0.6 is 0 Å². The Bertz CT molecular complexity index is 535. The van der Waals surface area contributed by atoms with E-state index in [9.17, 15) is 20.2 Å². The maximum Gasteiger partial charge on any atom is 0.283 e. The molecule has 0 spiro atoms. The number of benzene rings is 1. The minimum atomic E-state index is -0.659. The van der Waals surface area contributed by atoms with Gasteiger partial charge in [0.2, 0.25) is 6.34 Å². The van der Waals surface area contributed by atoms with Gasteiger partial charge in [-0.15, -0.1) is 0 Å². The zero-order valence-electron chi connectivity index (χ0n) is 10.2. The molecule has 0 aliphatic rings. The van der Waals surface area contributed by atoms with Crippen molar-refractivity contribution in [3.8, 4) is 0 Å². The number of hydrogen-bond donors (Lipinski definition) is 1. The van der Waals surface area contributed by atoms with Gasteiger partial charge in [-0.3, -0.25) is 24.8 Å². The van der Waals surface area contributed by atoms with E-state index < -0.39 is 9.85 Å². The Labute approximate surface area is 103 Å². The molecule has 0 saturated heterocycles. The summed E-state index contributed by atoms with van der Waals surface area (Å²) in [6.45, 7) is 1.54. The van der Waals surface area contributed by atoms with E-state index in [4.69, 9.17) is 0 Å². The second-order valence-electron chi connectivity index (χ2n) is 3.89. The number of anilines is 1. The van der Waals surface area contributed by atoms with Gasteiger partial charge < -0.3 is 0 Å². The molecule has 0 atom stereocenters. The summed E-state index contributed by atoms with van der Waals surface area (Å²) >= 11 is 0. The van der Waals surface area contributed by atoms with Gasteiger partial charge in [-0.05, 0) is 6.92 Å².